The van der Waals surface area contributed by atoms with Crippen LogP contribution in [0.2, 0.25) is 5.02 Å². The Balaban J connectivity index is 1.31. The van der Waals surface area contributed by atoms with Gasteiger partial charge >= 0.3 is 0 Å². The molecule has 0 saturated carbocycles. The maximum Gasteiger partial charge on any atom is 0.254 e. The first kappa shape index (κ1) is 22.4. The smallest absolute Gasteiger partial charge is 0.254 e. The van der Waals surface area contributed by atoms with Crippen molar-refractivity contribution >= 4 is 17.5 Å². The molecule has 1 saturated heterocycles. The predicted octanol–water partition coefficient (Wildman–Crippen LogP) is 3.80. The molecule has 4 rings (SSSR count). The number of amides is 1. The van der Waals surface area contributed by atoms with Crippen molar-refractivity contribution in [1.82, 2.24) is 20.2 Å². The number of aromatic nitrogens is 2. The van der Waals surface area contributed by atoms with Gasteiger partial charge in [-0.1, -0.05) is 54.1 Å². The first-order valence-corrected chi connectivity index (χ1v) is 11.2. The number of halogens is 1. The molecule has 166 valence electrons. The molecule has 0 bridgehead atoms. The summed E-state index contributed by atoms with van der Waals surface area (Å²) in [5, 5.41) is 14.7. The van der Waals surface area contributed by atoms with E-state index in [9.17, 15) is 9.90 Å². The molecular formula is C25H27ClN4O2. The Bertz CT molecular complexity index is 1030. The second-order valence-electron chi connectivity index (χ2n) is 8.28. The second kappa shape index (κ2) is 10.2. The zero-order valence-corrected chi connectivity index (χ0v) is 18.7. The lowest BCUT2D eigenvalue weighted by molar-refractivity contribution is 0.0781. The van der Waals surface area contributed by atoms with E-state index in [1.54, 1.807) is 11.9 Å². The standard InChI is InChI=1S/C25H27ClN4O2/c1-30(16-23-27-14-20(26)15-28-23)25(32)19-9-7-17(8-10-19)13-21-11-12-22(29-21)24(31)18-5-3-2-4-6-18/h2-10,14-15,21-22,24,29,31H,11-13,16H2,1H3/t21-,22+,24+/m0/s1. The number of aliphatic hydroxyl groups excluding tert-OH is 1. The number of carbonyl (C=O) groups excluding carboxylic acids is 1. The molecule has 1 aromatic heterocycles. The SMILES string of the molecule is CN(Cc1ncc(Cl)cn1)C(=O)c1ccc(C[C@@H]2CC[C@H]([C@H](O)c3ccccc3)N2)cc1. The third kappa shape index (κ3) is 5.51. The maximum atomic E-state index is 12.7. The predicted molar refractivity (Wildman–Crippen MR) is 124 cm³/mol. The van der Waals surface area contributed by atoms with E-state index in [0.717, 1.165) is 30.4 Å². The second-order valence-corrected chi connectivity index (χ2v) is 8.72. The molecule has 1 amide bonds. The zero-order valence-electron chi connectivity index (χ0n) is 18.0. The van der Waals surface area contributed by atoms with Crippen LogP contribution in [0.1, 0.15) is 46.3 Å². The Morgan fingerprint density at radius 3 is 2.50 bits per heavy atom. The molecule has 1 aliphatic rings. The van der Waals surface area contributed by atoms with E-state index in [4.69, 9.17) is 11.6 Å². The molecule has 2 N–H and O–H groups in total. The van der Waals surface area contributed by atoms with E-state index in [-0.39, 0.29) is 11.9 Å². The number of carbonyl (C=O) groups is 1. The summed E-state index contributed by atoms with van der Waals surface area (Å²) in [6, 6.07) is 17.9. The lowest BCUT2D eigenvalue weighted by Gasteiger charge is -2.20. The van der Waals surface area contributed by atoms with Crippen molar-refractivity contribution in [2.75, 3.05) is 7.05 Å². The van der Waals surface area contributed by atoms with Crippen molar-refractivity contribution in [3.63, 3.8) is 0 Å². The summed E-state index contributed by atoms with van der Waals surface area (Å²) < 4.78 is 0. The Kier molecular flexibility index (Phi) is 7.15. The minimum absolute atomic E-state index is 0.0620. The highest BCUT2D eigenvalue weighted by atomic mass is 35.5. The fourth-order valence-electron chi connectivity index (χ4n) is 4.14. The van der Waals surface area contributed by atoms with E-state index >= 15 is 0 Å². The molecule has 3 aromatic rings. The van der Waals surface area contributed by atoms with Gasteiger partial charge in [-0.25, -0.2) is 9.97 Å². The van der Waals surface area contributed by atoms with Crippen molar-refractivity contribution in [1.29, 1.82) is 0 Å². The van der Waals surface area contributed by atoms with Gasteiger partial charge in [0.15, 0.2) is 0 Å². The van der Waals surface area contributed by atoms with Crippen LogP contribution in [-0.2, 0) is 13.0 Å². The van der Waals surface area contributed by atoms with Gasteiger partial charge in [0.25, 0.3) is 5.91 Å². The van der Waals surface area contributed by atoms with Crippen molar-refractivity contribution in [3.8, 4) is 0 Å². The summed E-state index contributed by atoms with van der Waals surface area (Å²) in [5.74, 6) is 0.460. The Hall–Kier alpha value is -2.80. The van der Waals surface area contributed by atoms with Gasteiger partial charge in [-0.3, -0.25) is 4.79 Å². The average molecular weight is 451 g/mol. The summed E-state index contributed by atoms with van der Waals surface area (Å²) in [4.78, 5) is 22.6. The van der Waals surface area contributed by atoms with Crippen LogP contribution in [-0.4, -0.2) is 45.0 Å². The molecule has 0 spiro atoms. The van der Waals surface area contributed by atoms with Gasteiger partial charge < -0.3 is 15.3 Å². The highest BCUT2D eigenvalue weighted by Gasteiger charge is 2.29. The first-order chi connectivity index (χ1) is 15.5. The number of aliphatic hydroxyl groups is 1. The maximum absolute atomic E-state index is 12.7. The topological polar surface area (TPSA) is 78.4 Å². The molecule has 1 fully saturated rings. The quantitative estimate of drug-likeness (QED) is 0.572. The van der Waals surface area contributed by atoms with Gasteiger partial charge in [0.2, 0.25) is 0 Å². The molecule has 6 nitrogen and oxygen atoms in total. The lowest BCUT2D eigenvalue weighted by Crippen LogP contribution is -2.35. The summed E-state index contributed by atoms with van der Waals surface area (Å²) in [6.07, 6.45) is 5.37. The molecule has 32 heavy (non-hydrogen) atoms. The van der Waals surface area contributed by atoms with E-state index in [1.165, 1.54) is 12.4 Å². The fourth-order valence-corrected chi connectivity index (χ4v) is 4.23. The summed E-state index contributed by atoms with van der Waals surface area (Å²) in [6.45, 7) is 0.314. The van der Waals surface area contributed by atoms with Crippen LogP contribution in [0.25, 0.3) is 0 Å². The van der Waals surface area contributed by atoms with Crippen LogP contribution in [0.4, 0.5) is 0 Å². The highest BCUT2D eigenvalue weighted by Crippen LogP contribution is 2.26. The van der Waals surface area contributed by atoms with Crippen LogP contribution in [0.3, 0.4) is 0 Å². The third-order valence-corrected chi connectivity index (χ3v) is 6.08. The van der Waals surface area contributed by atoms with E-state index < -0.39 is 6.10 Å². The first-order valence-electron chi connectivity index (χ1n) is 10.8. The average Bonchev–Trinajstić information content (AvgIpc) is 3.29. The molecule has 3 atom stereocenters. The van der Waals surface area contributed by atoms with Gasteiger partial charge in [-0.2, -0.15) is 0 Å². The van der Waals surface area contributed by atoms with Crippen LogP contribution >= 0.6 is 11.6 Å². The third-order valence-electron chi connectivity index (χ3n) is 5.88. The Labute approximate surface area is 193 Å². The molecular weight excluding hydrogens is 424 g/mol. The number of hydrogen-bond donors (Lipinski definition) is 2. The molecule has 0 radical (unpaired) electrons. The Morgan fingerprint density at radius 2 is 1.81 bits per heavy atom. The monoisotopic (exact) mass is 450 g/mol. The summed E-state index contributed by atoms with van der Waals surface area (Å²) in [5.41, 5.74) is 2.74. The molecule has 0 aliphatic carbocycles. The van der Waals surface area contributed by atoms with Crippen molar-refractivity contribution in [3.05, 3.63) is 94.5 Å². The number of nitrogens with zero attached hydrogens (tertiary/aromatic N) is 3. The summed E-state index contributed by atoms with van der Waals surface area (Å²) in [7, 11) is 1.73. The largest absolute Gasteiger partial charge is 0.387 e. The fraction of sp³-hybridized carbons (Fsp3) is 0.320. The van der Waals surface area contributed by atoms with Gasteiger partial charge in [0, 0.05) is 37.1 Å². The van der Waals surface area contributed by atoms with Crippen molar-refractivity contribution < 1.29 is 9.90 Å². The van der Waals surface area contributed by atoms with Crippen LogP contribution in [0, 0.1) is 0 Å². The van der Waals surface area contributed by atoms with Gasteiger partial charge in [0.05, 0.1) is 17.7 Å². The molecule has 2 aromatic carbocycles. The van der Waals surface area contributed by atoms with Crippen LogP contribution in [0.5, 0.6) is 0 Å². The molecule has 7 heteroatoms. The van der Waals surface area contributed by atoms with Crippen LogP contribution in [0.15, 0.2) is 67.0 Å². The van der Waals surface area contributed by atoms with Crippen LogP contribution < -0.4 is 5.32 Å². The number of rotatable bonds is 7. The minimum atomic E-state index is -0.499. The minimum Gasteiger partial charge on any atom is -0.387 e. The van der Waals surface area contributed by atoms with Crippen molar-refractivity contribution in [2.24, 2.45) is 0 Å². The zero-order chi connectivity index (χ0) is 22.5. The normalized spacial score (nSPS) is 19.0. The highest BCUT2D eigenvalue weighted by molar-refractivity contribution is 6.30. The van der Waals surface area contributed by atoms with Crippen molar-refractivity contribution in [2.45, 2.75) is 44.0 Å². The lowest BCUT2D eigenvalue weighted by atomic mass is 10.0. The molecule has 1 aliphatic heterocycles. The number of hydrogen-bond acceptors (Lipinski definition) is 5. The van der Waals surface area contributed by atoms with E-state index in [2.05, 4.69) is 15.3 Å². The van der Waals surface area contributed by atoms with Gasteiger partial charge in [-0.15, -0.1) is 0 Å². The van der Waals surface area contributed by atoms with Gasteiger partial charge in [0.1, 0.15) is 5.82 Å². The molecule has 2 heterocycles. The summed E-state index contributed by atoms with van der Waals surface area (Å²) >= 11 is 5.81. The number of nitrogens with one attached hydrogen (secondary N) is 1. The van der Waals surface area contributed by atoms with E-state index in [0.29, 0.717) is 29.0 Å². The molecule has 0 unspecified atom stereocenters. The van der Waals surface area contributed by atoms with E-state index in [1.807, 2.05) is 54.6 Å². The number of benzene rings is 2. The van der Waals surface area contributed by atoms with Gasteiger partial charge in [-0.05, 0) is 42.5 Å². The Morgan fingerprint density at radius 1 is 1.12 bits per heavy atom.